The van der Waals surface area contributed by atoms with Crippen LogP contribution in [0.15, 0.2) is 109 Å². The molecule has 0 heterocycles. The summed E-state index contributed by atoms with van der Waals surface area (Å²) >= 11 is 0. The molecule has 6 aromatic carbocycles. The number of rotatable bonds is 6. The second-order valence-electron chi connectivity index (χ2n) is 15.7. The third kappa shape index (κ3) is 7.51. The van der Waals surface area contributed by atoms with E-state index in [1.807, 2.05) is 0 Å². The summed E-state index contributed by atoms with van der Waals surface area (Å²) < 4.78 is 0. The van der Waals surface area contributed by atoms with Crippen molar-refractivity contribution in [3.8, 4) is 22.3 Å². The Morgan fingerprint density at radius 1 is 0.532 bits per heavy atom. The van der Waals surface area contributed by atoms with Gasteiger partial charge in [0.05, 0.1) is 0 Å². The minimum absolute atomic E-state index is 0. The van der Waals surface area contributed by atoms with Gasteiger partial charge < -0.3 is 14.9 Å². The van der Waals surface area contributed by atoms with Crippen molar-refractivity contribution in [1.29, 1.82) is 0 Å². The molecule has 1 heteroatoms. The fraction of sp³-hybridized carbons (Fsp3) is 0.304. The molecule has 6 rings (SSSR count). The van der Waals surface area contributed by atoms with Crippen molar-refractivity contribution >= 4 is 21.5 Å². The molecule has 0 aromatic heterocycles. The fourth-order valence-corrected chi connectivity index (χ4v) is 7.14. The topological polar surface area (TPSA) is 0 Å². The fourth-order valence-electron chi connectivity index (χ4n) is 7.14. The van der Waals surface area contributed by atoms with Crippen LogP contribution in [0.3, 0.4) is 0 Å². The molecular weight excluding hydrogens is 731 g/mol. The molecule has 0 aliphatic heterocycles. The summed E-state index contributed by atoms with van der Waals surface area (Å²) in [5, 5.41) is 5.34. The summed E-state index contributed by atoms with van der Waals surface area (Å²) in [5.41, 5.74) is 10.9. The molecule has 0 saturated carbocycles. The molecular formula is C46H54Hf. The van der Waals surface area contributed by atoms with Crippen molar-refractivity contribution in [3.63, 3.8) is 0 Å². The van der Waals surface area contributed by atoms with Crippen LogP contribution in [0.5, 0.6) is 0 Å². The monoisotopic (exact) mass is 786 g/mol. The third-order valence-electron chi connectivity index (χ3n) is 9.67. The van der Waals surface area contributed by atoms with E-state index in [0.717, 1.165) is 6.42 Å². The Morgan fingerprint density at radius 2 is 0.915 bits per heavy atom. The first-order valence-corrected chi connectivity index (χ1v) is 16.4. The van der Waals surface area contributed by atoms with E-state index in [9.17, 15) is 0 Å². The first-order valence-electron chi connectivity index (χ1n) is 16.4. The van der Waals surface area contributed by atoms with Crippen molar-refractivity contribution < 1.29 is 25.8 Å². The Kier molecular flexibility index (Phi) is 11.6. The Balaban J connectivity index is 0.00000200. The van der Waals surface area contributed by atoms with Crippen LogP contribution in [-0.2, 0) is 42.1 Å². The van der Waals surface area contributed by atoms with Crippen molar-refractivity contribution in [2.24, 2.45) is 5.92 Å². The summed E-state index contributed by atoms with van der Waals surface area (Å²) in [6, 6.07) is 41.7. The molecule has 0 nitrogen and oxygen atoms in total. The molecule has 47 heavy (non-hydrogen) atoms. The maximum atomic E-state index is 2.49. The average molecular weight is 785 g/mol. The van der Waals surface area contributed by atoms with Crippen LogP contribution in [0.4, 0.5) is 0 Å². The molecule has 0 saturated heterocycles. The van der Waals surface area contributed by atoms with Gasteiger partial charge in [0.2, 0.25) is 0 Å². The first-order chi connectivity index (χ1) is 20.7. The molecule has 0 aliphatic carbocycles. The van der Waals surface area contributed by atoms with Gasteiger partial charge in [-0.2, -0.15) is 12.1 Å². The number of fused-ring (bicyclic) bond motifs is 2. The van der Waals surface area contributed by atoms with E-state index in [1.165, 1.54) is 66.1 Å². The van der Waals surface area contributed by atoms with E-state index in [0.29, 0.717) is 5.92 Å². The summed E-state index contributed by atoms with van der Waals surface area (Å²) in [7, 11) is 0. The van der Waals surface area contributed by atoms with Crippen molar-refractivity contribution in [2.45, 2.75) is 85.0 Å². The summed E-state index contributed by atoms with van der Waals surface area (Å²) in [6.07, 6.45) is 1.09. The Labute approximate surface area is 305 Å². The largest absolute Gasteiger partial charge is 4.00 e. The van der Waals surface area contributed by atoms with Crippen LogP contribution in [0.25, 0.3) is 43.8 Å². The van der Waals surface area contributed by atoms with Gasteiger partial charge in [0.15, 0.2) is 0 Å². The molecule has 242 valence electrons. The smallest absolute Gasteiger partial charge is 0.358 e. The van der Waals surface area contributed by atoms with Gasteiger partial charge in [0, 0.05) is 0 Å². The van der Waals surface area contributed by atoms with Crippen molar-refractivity contribution in [2.75, 3.05) is 0 Å². The van der Waals surface area contributed by atoms with E-state index in [4.69, 9.17) is 0 Å². The second kappa shape index (κ2) is 14.2. The molecule has 0 atom stereocenters. The molecule has 0 spiro atoms. The molecule has 0 fully saturated rings. The molecule has 0 aliphatic rings. The minimum Gasteiger partial charge on any atom is -0.358 e. The van der Waals surface area contributed by atoms with E-state index in [-0.39, 0.29) is 56.9 Å². The maximum absolute atomic E-state index is 2.49. The van der Waals surface area contributed by atoms with Gasteiger partial charge in [-0.25, -0.2) is 0 Å². The van der Waals surface area contributed by atoms with E-state index in [2.05, 4.69) is 172 Å². The zero-order valence-electron chi connectivity index (χ0n) is 30.7. The van der Waals surface area contributed by atoms with Crippen LogP contribution < -0.4 is 0 Å². The average Bonchev–Trinajstić information content (AvgIpc) is 3.61. The zero-order chi connectivity index (χ0) is 31.4. The summed E-state index contributed by atoms with van der Waals surface area (Å²) in [6.45, 7) is 20.9. The summed E-state index contributed by atoms with van der Waals surface area (Å²) in [4.78, 5) is 0. The van der Waals surface area contributed by atoms with E-state index >= 15 is 0 Å². The predicted molar refractivity (Wildman–Crippen MR) is 206 cm³/mol. The van der Waals surface area contributed by atoms with Crippen LogP contribution in [0.1, 0.15) is 91.0 Å². The predicted octanol–water partition coefficient (Wildman–Crippen LogP) is 13.6. The molecule has 0 unspecified atom stereocenters. The Bertz CT molecular complexity index is 1810. The van der Waals surface area contributed by atoms with Gasteiger partial charge in [-0.3, -0.25) is 0 Å². The Hall–Kier alpha value is -3.03. The second-order valence-corrected chi connectivity index (χ2v) is 15.7. The zero-order valence-corrected chi connectivity index (χ0v) is 34.3. The number of hydrogen-bond donors (Lipinski definition) is 0. The van der Waals surface area contributed by atoms with Crippen LogP contribution in [0, 0.1) is 20.8 Å². The Morgan fingerprint density at radius 3 is 1.28 bits per heavy atom. The molecule has 0 bridgehead atoms. The maximum Gasteiger partial charge on any atom is 4.00 e. The normalized spacial score (nSPS) is 12.1. The van der Waals surface area contributed by atoms with E-state index in [1.54, 1.807) is 0 Å². The number of hydrogen-bond acceptors (Lipinski definition) is 0. The van der Waals surface area contributed by atoms with Crippen LogP contribution >= 0.6 is 0 Å². The van der Waals surface area contributed by atoms with Crippen LogP contribution in [-0.4, -0.2) is 0 Å². The first kappa shape index (κ1) is 38.4. The van der Waals surface area contributed by atoms with E-state index < -0.39 is 0 Å². The molecule has 0 N–H and O–H groups in total. The molecule has 6 aromatic rings. The molecule has 0 radical (unpaired) electrons. The third-order valence-corrected chi connectivity index (χ3v) is 9.67. The van der Waals surface area contributed by atoms with Crippen LogP contribution in [0.2, 0.25) is 0 Å². The van der Waals surface area contributed by atoms with Crippen molar-refractivity contribution in [1.82, 2.24) is 0 Å². The van der Waals surface area contributed by atoms with Gasteiger partial charge in [-0.05, 0) is 50.8 Å². The van der Waals surface area contributed by atoms with Gasteiger partial charge in [-0.1, -0.05) is 134 Å². The SMILES string of the molecule is CC(C)CC(C)(c1cc2c(-c3cccc(C(C)(C)C)c3)cccc2[cH-]1)c1cc2c(-c3cccc(C(C)(C)C)c3)cccc2[cH-]1.[CH3-].[CH3-].[Hf+4]. The van der Waals surface area contributed by atoms with Gasteiger partial charge in [0.25, 0.3) is 0 Å². The van der Waals surface area contributed by atoms with Gasteiger partial charge >= 0.3 is 25.8 Å². The molecule has 0 amide bonds. The summed E-state index contributed by atoms with van der Waals surface area (Å²) in [5.74, 6) is 0.557. The standard InChI is InChI=1S/C44H48.2CH3.Hf/c1-29(2)28-44(9,36-24-32-16-12-20-38(40(32)26-36)30-14-10-18-34(22-30)42(3,4)5)37-25-33-17-13-21-39(41(33)27-37)31-15-11-19-35(23-31)43(6,7)8;;;/h10-27,29H,28H2,1-9H3;2*1H3;/q-2;2*-1;+4. The van der Waals surface area contributed by atoms with Gasteiger partial charge in [0.1, 0.15) is 0 Å². The minimum atomic E-state index is -0.110. The number of benzene rings is 4. The van der Waals surface area contributed by atoms with Gasteiger partial charge in [-0.15, -0.1) is 69.1 Å². The van der Waals surface area contributed by atoms with Crippen molar-refractivity contribution in [3.05, 3.63) is 146 Å². The quantitative estimate of drug-likeness (QED) is 0.117.